The Balaban J connectivity index is 1.47. The van der Waals surface area contributed by atoms with E-state index in [0.717, 1.165) is 11.1 Å². The van der Waals surface area contributed by atoms with Crippen LogP contribution in [0.15, 0.2) is 84.9 Å². The van der Waals surface area contributed by atoms with E-state index in [1.165, 1.54) is 24.3 Å². The SMILES string of the molecule is O=C(C=Cc1ccc(F)cc1)NC(=S)NNC(=O)c1ccc(-c2ccccc2)cc1. The number of benzene rings is 3. The quantitative estimate of drug-likeness (QED) is 0.341. The van der Waals surface area contributed by atoms with E-state index >= 15 is 0 Å². The molecule has 0 bridgehead atoms. The molecular formula is C23H18FN3O2S. The van der Waals surface area contributed by atoms with Gasteiger partial charge >= 0.3 is 0 Å². The van der Waals surface area contributed by atoms with Gasteiger partial charge < -0.3 is 0 Å². The molecule has 0 aliphatic rings. The number of carbonyl (C=O) groups is 2. The fourth-order valence-electron chi connectivity index (χ4n) is 2.56. The maximum absolute atomic E-state index is 12.9. The van der Waals surface area contributed by atoms with Crippen LogP contribution in [0.5, 0.6) is 0 Å². The predicted octanol–water partition coefficient (Wildman–Crippen LogP) is 3.84. The number of halogens is 1. The van der Waals surface area contributed by atoms with Gasteiger partial charge in [0.1, 0.15) is 5.82 Å². The van der Waals surface area contributed by atoms with E-state index in [2.05, 4.69) is 16.2 Å². The van der Waals surface area contributed by atoms with Crippen molar-refractivity contribution in [2.45, 2.75) is 0 Å². The van der Waals surface area contributed by atoms with E-state index in [1.54, 1.807) is 24.3 Å². The van der Waals surface area contributed by atoms with Gasteiger partial charge in [0.15, 0.2) is 5.11 Å². The van der Waals surface area contributed by atoms with Crippen LogP contribution in [0.1, 0.15) is 15.9 Å². The lowest BCUT2D eigenvalue weighted by molar-refractivity contribution is -0.115. The average Bonchev–Trinajstić information content (AvgIpc) is 2.78. The van der Waals surface area contributed by atoms with E-state index in [-0.39, 0.29) is 10.9 Å². The van der Waals surface area contributed by atoms with Crippen LogP contribution in [0.2, 0.25) is 0 Å². The molecule has 3 aromatic carbocycles. The minimum Gasteiger partial charge on any atom is -0.298 e. The standard InChI is InChI=1S/C23H18FN3O2S/c24-20-13-6-16(7-14-20)8-15-21(28)25-23(30)27-26-22(29)19-11-9-18(10-12-19)17-4-2-1-3-5-17/h1-15H,(H,26,29)(H2,25,27,28,30). The summed E-state index contributed by atoms with van der Waals surface area (Å²) in [5.74, 6) is -1.24. The number of hydrogen-bond acceptors (Lipinski definition) is 3. The average molecular weight is 419 g/mol. The van der Waals surface area contributed by atoms with Crippen molar-refractivity contribution in [1.29, 1.82) is 0 Å². The zero-order chi connectivity index (χ0) is 21.3. The first-order chi connectivity index (χ1) is 14.5. The molecule has 0 saturated heterocycles. The lowest BCUT2D eigenvalue weighted by Gasteiger charge is -2.10. The molecular weight excluding hydrogens is 401 g/mol. The first-order valence-corrected chi connectivity index (χ1v) is 9.42. The van der Waals surface area contributed by atoms with Crippen LogP contribution >= 0.6 is 12.2 Å². The molecule has 150 valence electrons. The number of hydrazine groups is 1. The lowest BCUT2D eigenvalue weighted by Crippen LogP contribution is -2.48. The molecule has 0 aliphatic carbocycles. The van der Waals surface area contributed by atoms with E-state index in [4.69, 9.17) is 12.2 Å². The maximum Gasteiger partial charge on any atom is 0.269 e. The van der Waals surface area contributed by atoms with Gasteiger partial charge in [-0.3, -0.25) is 25.8 Å². The summed E-state index contributed by atoms with van der Waals surface area (Å²) in [7, 11) is 0. The molecule has 0 spiro atoms. The van der Waals surface area contributed by atoms with Gasteiger partial charge in [-0.25, -0.2) is 4.39 Å². The summed E-state index contributed by atoms with van der Waals surface area (Å²) in [5.41, 5.74) is 8.07. The van der Waals surface area contributed by atoms with Crippen molar-refractivity contribution in [3.63, 3.8) is 0 Å². The number of amides is 2. The Kier molecular flexibility index (Phi) is 7.02. The molecule has 3 N–H and O–H groups in total. The minimum atomic E-state index is -0.488. The van der Waals surface area contributed by atoms with Crippen molar-refractivity contribution in [2.24, 2.45) is 0 Å². The molecule has 0 radical (unpaired) electrons. The maximum atomic E-state index is 12.9. The molecule has 0 heterocycles. The molecule has 0 atom stereocenters. The third-order valence-electron chi connectivity index (χ3n) is 4.08. The molecule has 0 saturated carbocycles. The van der Waals surface area contributed by atoms with Crippen LogP contribution in [0.3, 0.4) is 0 Å². The Bertz CT molecular complexity index is 1070. The normalized spacial score (nSPS) is 10.4. The summed E-state index contributed by atoms with van der Waals surface area (Å²) in [5, 5.41) is 2.35. The Morgan fingerprint density at radius 2 is 1.43 bits per heavy atom. The number of hydrogen-bond donors (Lipinski definition) is 3. The molecule has 2 amide bonds. The van der Waals surface area contributed by atoms with Crippen molar-refractivity contribution < 1.29 is 14.0 Å². The van der Waals surface area contributed by atoms with Crippen molar-refractivity contribution >= 4 is 35.2 Å². The summed E-state index contributed by atoms with van der Waals surface area (Å²) in [6.07, 6.45) is 2.77. The largest absolute Gasteiger partial charge is 0.298 e. The third kappa shape index (κ3) is 6.08. The zero-order valence-electron chi connectivity index (χ0n) is 15.8. The molecule has 0 aliphatic heterocycles. The summed E-state index contributed by atoms with van der Waals surface area (Å²) in [6, 6.07) is 22.6. The van der Waals surface area contributed by atoms with Crippen molar-refractivity contribution in [2.75, 3.05) is 0 Å². The van der Waals surface area contributed by atoms with Gasteiger partial charge in [0.2, 0.25) is 5.91 Å². The van der Waals surface area contributed by atoms with Gasteiger partial charge in [0.25, 0.3) is 5.91 Å². The second-order valence-corrected chi connectivity index (χ2v) is 6.63. The van der Waals surface area contributed by atoms with E-state index in [9.17, 15) is 14.0 Å². The van der Waals surface area contributed by atoms with Crippen LogP contribution < -0.4 is 16.2 Å². The van der Waals surface area contributed by atoms with Gasteiger partial charge in [-0.15, -0.1) is 0 Å². The highest BCUT2D eigenvalue weighted by Crippen LogP contribution is 2.19. The molecule has 30 heavy (non-hydrogen) atoms. The molecule has 0 fully saturated rings. The number of rotatable bonds is 4. The molecule has 3 aromatic rings. The first kappa shape index (κ1) is 20.9. The Morgan fingerprint density at radius 3 is 2.10 bits per heavy atom. The van der Waals surface area contributed by atoms with Gasteiger partial charge in [-0.1, -0.05) is 54.6 Å². The van der Waals surface area contributed by atoms with Crippen LogP contribution in [0.4, 0.5) is 4.39 Å². The third-order valence-corrected chi connectivity index (χ3v) is 4.28. The topological polar surface area (TPSA) is 70.2 Å². The smallest absolute Gasteiger partial charge is 0.269 e. The fraction of sp³-hybridized carbons (Fsp3) is 0. The summed E-state index contributed by atoms with van der Waals surface area (Å²) >= 11 is 4.99. The van der Waals surface area contributed by atoms with Gasteiger partial charge in [-0.2, -0.15) is 0 Å². The van der Waals surface area contributed by atoms with Crippen LogP contribution in [0, 0.1) is 5.82 Å². The molecule has 3 rings (SSSR count). The number of nitrogens with one attached hydrogen (secondary N) is 3. The second kappa shape index (κ2) is 10.1. The van der Waals surface area contributed by atoms with Crippen LogP contribution in [-0.2, 0) is 4.79 Å². The van der Waals surface area contributed by atoms with E-state index < -0.39 is 11.8 Å². The van der Waals surface area contributed by atoms with Crippen molar-refractivity contribution in [3.05, 3.63) is 102 Å². The van der Waals surface area contributed by atoms with Crippen molar-refractivity contribution in [1.82, 2.24) is 16.2 Å². The summed E-state index contributed by atoms with van der Waals surface area (Å²) in [6.45, 7) is 0. The van der Waals surface area contributed by atoms with Gasteiger partial charge in [0, 0.05) is 11.6 Å². The highest BCUT2D eigenvalue weighted by molar-refractivity contribution is 7.80. The predicted molar refractivity (Wildman–Crippen MR) is 119 cm³/mol. The van der Waals surface area contributed by atoms with Crippen molar-refractivity contribution in [3.8, 4) is 11.1 Å². The fourth-order valence-corrected chi connectivity index (χ4v) is 2.71. The lowest BCUT2D eigenvalue weighted by atomic mass is 10.0. The molecule has 5 nitrogen and oxygen atoms in total. The Labute approximate surface area is 178 Å². The summed E-state index contributed by atoms with van der Waals surface area (Å²) < 4.78 is 12.9. The molecule has 0 aromatic heterocycles. The minimum absolute atomic E-state index is 0.0574. The summed E-state index contributed by atoms with van der Waals surface area (Å²) in [4.78, 5) is 24.1. The highest BCUT2D eigenvalue weighted by atomic mass is 32.1. The molecule has 7 heteroatoms. The van der Waals surface area contributed by atoms with Crippen LogP contribution in [-0.4, -0.2) is 16.9 Å². The highest BCUT2D eigenvalue weighted by Gasteiger charge is 2.07. The van der Waals surface area contributed by atoms with E-state index in [0.29, 0.717) is 11.1 Å². The Morgan fingerprint density at radius 1 is 0.800 bits per heavy atom. The Hall–Kier alpha value is -3.84. The van der Waals surface area contributed by atoms with Crippen LogP contribution in [0.25, 0.3) is 17.2 Å². The number of carbonyl (C=O) groups excluding carboxylic acids is 2. The molecule has 0 unspecified atom stereocenters. The van der Waals surface area contributed by atoms with E-state index in [1.807, 2.05) is 42.5 Å². The monoisotopic (exact) mass is 419 g/mol. The van der Waals surface area contributed by atoms with Gasteiger partial charge in [0.05, 0.1) is 0 Å². The first-order valence-electron chi connectivity index (χ1n) is 9.02. The number of thiocarbonyl (C=S) groups is 1. The van der Waals surface area contributed by atoms with Gasteiger partial charge in [-0.05, 0) is 59.2 Å². The zero-order valence-corrected chi connectivity index (χ0v) is 16.6. The second-order valence-electron chi connectivity index (χ2n) is 6.23.